The first-order valence-electron chi connectivity index (χ1n) is 8.73. The maximum Gasteiger partial charge on any atom is 0.335 e. The second-order valence-electron chi connectivity index (χ2n) is 6.64. The van der Waals surface area contributed by atoms with Gasteiger partial charge in [0.25, 0.3) is 0 Å². The molecule has 0 atom stereocenters. The van der Waals surface area contributed by atoms with Crippen LogP contribution >= 0.6 is 0 Å². The highest BCUT2D eigenvalue weighted by molar-refractivity contribution is 5.88. The second kappa shape index (κ2) is 7.49. The zero-order valence-electron chi connectivity index (χ0n) is 15.8. The maximum atomic E-state index is 10.9. The molecule has 7 nitrogen and oxygen atoms in total. The molecule has 0 aliphatic heterocycles. The van der Waals surface area contributed by atoms with E-state index in [9.17, 15) is 4.79 Å². The average Bonchev–Trinajstić information content (AvgIpc) is 3.20. The molecule has 0 spiro atoms. The number of benzene rings is 1. The lowest BCUT2D eigenvalue weighted by atomic mass is 10.2. The van der Waals surface area contributed by atoms with Crippen LogP contribution in [0.3, 0.4) is 0 Å². The summed E-state index contributed by atoms with van der Waals surface area (Å²) in [5.41, 5.74) is 7.07. The summed E-state index contributed by atoms with van der Waals surface area (Å²) in [5, 5.41) is 17.6. The van der Waals surface area contributed by atoms with Gasteiger partial charge in [-0.05, 0) is 58.0 Å². The lowest BCUT2D eigenvalue weighted by molar-refractivity contribution is 0.0697. The van der Waals surface area contributed by atoms with Crippen LogP contribution in [-0.2, 0) is 0 Å². The second-order valence-corrected chi connectivity index (χ2v) is 6.64. The van der Waals surface area contributed by atoms with Gasteiger partial charge in [0.1, 0.15) is 5.82 Å². The van der Waals surface area contributed by atoms with E-state index in [1.807, 2.05) is 23.9 Å². The molecule has 27 heavy (non-hydrogen) atoms. The Morgan fingerprint density at radius 1 is 1.22 bits per heavy atom. The van der Waals surface area contributed by atoms with Gasteiger partial charge in [-0.25, -0.2) is 9.48 Å². The molecule has 3 aromatic rings. The number of aryl methyl sites for hydroxylation is 1. The zero-order valence-corrected chi connectivity index (χ0v) is 15.8. The third-order valence-electron chi connectivity index (χ3n) is 4.37. The third kappa shape index (κ3) is 3.76. The molecule has 3 rings (SSSR count). The first-order valence-corrected chi connectivity index (χ1v) is 8.73. The van der Waals surface area contributed by atoms with Gasteiger partial charge in [-0.2, -0.15) is 10.2 Å². The molecule has 1 aromatic carbocycles. The van der Waals surface area contributed by atoms with E-state index in [1.165, 1.54) is 0 Å². The third-order valence-corrected chi connectivity index (χ3v) is 4.37. The molecule has 0 aliphatic carbocycles. The summed E-state index contributed by atoms with van der Waals surface area (Å²) in [7, 11) is 0. The van der Waals surface area contributed by atoms with Crippen LogP contribution in [0.4, 0.5) is 5.69 Å². The summed E-state index contributed by atoms with van der Waals surface area (Å²) < 4.78 is 4.15. The normalized spacial score (nSPS) is 11.4. The summed E-state index contributed by atoms with van der Waals surface area (Å²) >= 11 is 0. The van der Waals surface area contributed by atoms with E-state index < -0.39 is 5.97 Å². The van der Waals surface area contributed by atoms with Crippen molar-refractivity contribution in [3.05, 3.63) is 65.1 Å². The van der Waals surface area contributed by atoms with Crippen LogP contribution < -0.4 is 5.43 Å². The summed E-state index contributed by atoms with van der Waals surface area (Å²) in [6, 6.07) is 10.8. The Bertz CT molecular complexity index is 980. The summed E-state index contributed by atoms with van der Waals surface area (Å²) in [5.74, 6) is 0.0787. The van der Waals surface area contributed by atoms with Crippen molar-refractivity contribution in [3.63, 3.8) is 0 Å². The minimum atomic E-state index is -0.946. The summed E-state index contributed by atoms with van der Waals surface area (Å²) in [6.07, 6.45) is 3.57. The van der Waals surface area contributed by atoms with E-state index in [-0.39, 0.29) is 11.6 Å². The van der Waals surface area contributed by atoms with Crippen LogP contribution in [0.15, 0.2) is 47.7 Å². The number of nitrogens with one attached hydrogen (secondary N) is 1. The molecule has 0 bridgehead atoms. The average molecular weight is 365 g/mol. The molecule has 0 radical (unpaired) electrons. The van der Waals surface area contributed by atoms with Crippen molar-refractivity contribution >= 4 is 17.9 Å². The predicted octanol–water partition coefficient (Wildman–Crippen LogP) is 4.02. The highest BCUT2D eigenvalue weighted by atomic mass is 16.4. The Labute approximate surface area is 157 Å². The molecular weight excluding hydrogens is 342 g/mol. The number of anilines is 1. The number of hydrogen-bond acceptors (Lipinski definition) is 4. The Morgan fingerprint density at radius 3 is 2.56 bits per heavy atom. The minimum absolute atomic E-state index is 0.245. The highest BCUT2D eigenvalue weighted by Gasteiger charge is 2.14. The monoisotopic (exact) mass is 365 g/mol. The number of carboxylic acid groups (broad SMARTS) is 1. The Balaban J connectivity index is 1.81. The summed E-state index contributed by atoms with van der Waals surface area (Å²) in [6.45, 7) is 8.31. The van der Waals surface area contributed by atoms with E-state index in [4.69, 9.17) is 5.11 Å². The van der Waals surface area contributed by atoms with E-state index in [1.54, 1.807) is 30.5 Å². The van der Waals surface area contributed by atoms with Crippen molar-refractivity contribution in [2.45, 2.75) is 33.7 Å². The molecule has 7 heteroatoms. The largest absolute Gasteiger partial charge is 0.478 e. The van der Waals surface area contributed by atoms with Gasteiger partial charge < -0.3 is 9.67 Å². The fourth-order valence-electron chi connectivity index (χ4n) is 3.02. The Kier molecular flexibility index (Phi) is 5.12. The SMILES string of the molecule is Cc1cc(/C=N\Nc2ccc(C(=O)O)cc2)c(C)n1-c1ccnn1C(C)C. The predicted molar refractivity (Wildman–Crippen MR) is 106 cm³/mol. The van der Waals surface area contributed by atoms with E-state index >= 15 is 0 Å². The smallest absolute Gasteiger partial charge is 0.335 e. The number of rotatable bonds is 6. The van der Waals surface area contributed by atoms with Crippen LogP contribution in [0.25, 0.3) is 5.82 Å². The molecular formula is C20H23N5O2. The molecule has 0 fully saturated rings. The van der Waals surface area contributed by atoms with Crippen molar-refractivity contribution < 1.29 is 9.90 Å². The Hall–Kier alpha value is -3.35. The van der Waals surface area contributed by atoms with Crippen molar-refractivity contribution in [3.8, 4) is 5.82 Å². The zero-order chi connectivity index (χ0) is 19.6. The molecule has 0 saturated heterocycles. The van der Waals surface area contributed by atoms with Gasteiger partial charge in [0.05, 0.1) is 23.7 Å². The fourth-order valence-corrected chi connectivity index (χ4v) is 3.02. The molecule has 2 heterocycles. The van der Waals surface area contributed by atoms with Crippen molar-refractivity contribution in [2.24, 2.45) is 5.10 Å². The quantitative estimate of drug-likeness (QED) is 0.510. The molecule has 2 aromatic heterocycles. The molecule has 0 unspecified atom stereocenters. The van der Waals surface area contributed by atoms with Gasteiger partial charge in [0.2, 0.25) is 0 Å². The first-order chi connectivity index (χ1) is 12.9. The van der Waals surface area contributed by atoms with Crippen LogP contribution in [0.1, 0.15) is 47.2 Å². The van der Waals surface area contributed by atoms with Crippen LogP contribution in [0, 0.1) is 13.8 Å². The van der Waals surface area contributed by atoms with Crippen molar-refractivity contribution in [1.29, 1.82) is 0 Å². The molecule has 2 N–H and O–H groups in total. The van der Waals surface area contributed by atoms with Gasteiger partial charge in [-0.1, -0.05) is 0 Å². The van der Waals surface area contributed by atoms with Gasteiger partial charge in [-0.3, -0.25) is 5.43 Å². The summed E-state index contributed by atoms with van der Waals surface area (Å²) in [4.78, 5) is 10.9. The van der Waals surface area contributed by atoms with Gasteiger partial charge in [0, 0.05) is 29.1 Å². The number of nitrogens with zero attached hydrogens (tertiary/aromatic N) is 4. The lowest BCUT2D eigenvalue weighted by Crippen LogP contribution is -2.11. The molecule has 140 valence electrons. The molecule has 0 saturated carbocycles. The topological polar surface area (TPSA) is 84.4 Å². The fraction of sp³-hybridized carbons (Fsp3) is 0.250. The van der Waals surface area contributed by atoms with Crippen molar-refractivity contribution in [2.75, 3.05) is 5.43 Å². The van der Waals surface area contributed by atoms with Crippen LogP contribution in [0.5, 0.6) is 0 Å². The van der Waals surface area contributed by atoms with E-state index in [0.717, 1.165) is 28.5 Å². The Morgan fingerprint density at radius 2 is 1.93 bits per heavy atom. The van der Waals surface area contributed by atoms with Crippen LogP contribution in [-0.4, -0.2) is 31.6 Å². The van der Waals surface area contributed by atoms with E-state index in [0.29, 0.717) is 0 Å². The number of hydrogen-bond donors (Lipinski definition) is 2. The van der Waals surface area contributed by atoms with Gasteiger partial charge >= 0.3 is 5.97 Å². The lowest BCUT2D eigenvalue weighted by Gasteiger charge is -2.15. The number of aromatic carboxylic acids is 1. The molecule has 0 aliphatic rings. The van der Waals surface area contributed by atoms with Crippen LogP contribution in [0.2, 0.25) is 0 Å². The van der Waals surface area contributed by atoms with Gasteiger partial charge in [0.15, 0.2) is 0 Å². The maximum absolute atomic E-state index is 10.9. The van der Waals surface area contributed by atoms with E-state index in [2.05, 4.69) is 47.0 Å². The number of carbonyl (C=O) groups is 1. The number of carboxylic acids is 1. The number of aromatic nitrogens is 3. The number of hydrazone groups is 1. The van der Waals surface area contributed by atoms with Gasteiger partial charge in [-0.15, -0.1) is 0 Å². The highest BCUT2D eigenvalue weighted by Crippen LogP contribution is 2.21. The minimum Gasteiger partial charge on any atom is -0.478 e. The molecule has 0 amide bonds. The standard InChI is InChI=1S/C20H23N5O2/c1-13(2)25-19(9-10-22-25)24-14(3)11-17(15(24)4)12-21-23-18-7-5-16(6-8-18)20(26)27/h5-13,23H,1-4H3,(H,26,27)/b21-12-. The first kappa shape index (κ1) is 18.4. The van der Waals surface area contributed by atoms with Crippen molar-refractivity contribution in [1.82, 2.24) is 14.3 Å².